The van der Waals surface area contributed by atoms with Gasteiger partial charge in [0.25, 0.3) is 0 Å². The lowest BCUT2D eigenvalue weighted by Crippen LogP contribution is -2.39. The number of ether oxygens (including phenoxy) is 1. The third kappa shape index (κ3) is 3.74. The summed E-state index contributed by atoms with van der Waals surface area (Å²) < 4.78 is 40.3. The number of para-hydroxylation sites is 1. The zero-order chi connectivity index (χ0) is 16.3. The molecular weight excluding hydrogens is 303 g/mol. The molecule has 1 unspecified atom stereocenters. The van der Waals surface area contributed by atoms with E-state index >= 15 is 0 Å². The number of carbonyl (C=O) groups is 2. The van der Waals surface area contributed by atoms with Gasteiger partial charge in [-0.25, -0.2) is 4.79 Å². The highest BCUT2D eigenvalue weighted by atomic mass is 19.4. The van der Waals surface area contributed by atoms with Crippen LogP contribution >= 0.6 is 0 Å². The van der Waals surface area contributed by atoms with Crippen molar-refractivity contribution in [1.29, 1.82) is 0 Å². The smallest absolute Gasteiger partial charge is 0.422 e. The predicted molar refractivity (Wildman–Crippen MR) is 71.0 cm³/mol. The maximum atomic E-state index is 12.0. The molecule has 6 nitrogen and oxygen atoms in total. The summed E-state index contributed by atoms with van der Waals surface area (Å²) in [6.07, 6.45) is -4.84. The van der Waals surface area contributed by atoms with Crippen molar-refractivity contribution in [3.63, 3.8) is 0 Å². The first-order chi connectivity index (χ1) is 10.3. The molecule has 0 bridgehead atoms. The summed E-state index contributed by atoms with van der Waals surface area (Å²) in [6.45, 7) is -1.71. The van der Waals surface area contributed by atoms with Crippen LogP contribution < -0.4 is 10.7 Å². The molecular formula is C13H12F3N3O3. The van der Waals surface area contributed by atoms with E-state index in [9.17, 15) is 22.8 Å². The average molecular weight is 315 g/mol. The molecule has 1 aromatic rings. The minimum Gasteiger partial charge on any atom is -0.452 e. The number of esters is 1. The average Bonchev–Trinajstić information content (AvgIpc) is 2.90. The quantitative estimate of drug-likeness (QED) is 0.846. The molecule has 0 fully saturated rings. The molecule has 118 valence electrons. The number of halogens is 3. The zero-order valence-electron chi connectivity index (χ0n) is 11.2. The van der Waals surface area contributed by atoms with E-state index in [2.05, 4.69) is 9.84 Å². The SMILES string of the molecule is NC(=O)C1CC(C(=O)OCC(F)(F)F)=NN1c1ccccc1. The number of hydrogen-bond acceptors (Lipinski definition) is 5. The van der Waals surface area contributed by atoms with E-state index in [1.807, 2.05) is 0 Å². The maximum absolute atomic E-state index is 12.0. The summed E-state index contributed by atoms with van der Waals surface area (Å²) >= 11 is 0. The normalized spacial score (nSPS) is 18.0. The van der Waals surface area contributed by atoms with Crippen LogP contribution in [-0.2, 0) is 14.3 Å². The summed E-state index contributed by atoms with van der Waals surface area (Å²) in [4.78, 5) is 23.1. The Morgan fingerprint density at radius 1 is 1.32 bits per heavy atom. The Morgan fingerprint density at radius 2 is 1.95 bits per heavy atom. The predicted octanol–water partition coefficient (Wildman–Crippen LogP) is 1.21. The first kappa shape index (κ1) is 15.8. The van der Waals surface area contributed by atoms with Gasteiger partial charge in [-0.2, -0.15) is 18.3 Å². The van der Waals surface area contributed by atoms with Gasteiger partial charge >= 0.3 is 12.1 Å². The number of primary amides is 1. The van der Waals surface area contributed by atoms with E-state index in [4.69, 9.17) is 5.73 Å². The lowest BCUT2D eigenvalue weighted by Gasteiger charge is -2.20. The number of carbonyl (C=O) groups excluding carboxylic acids is 2. The molecule has 2 N–H and O–H groups in total. The number of nitrogens with zero attached hydrogens (tertiary/aromatic N) is 2. The second-order valence-electron chi connectivity index (χ2n) is 4.54. The fourth-order valence-corrected chi connectivity index (χ4v) is 1.90. The van der Waals surface area contributed by atoms with Gasteiger partial charge in [-0.3, -0.25) is 9.80 Å². The van der Waals surface area contributed by atoms with Crippen LogP contribution in [0, 0.1) is 0 Å². The molecule has 1 heterocycles. The summed E-state index contributed by atoms with van der Waals surface area (Å²) in [5.41, 5.74) is 5.46. The largest absolute Gasteiger partial charge is 0.452 e. The summed E-state index contributed by atoms with van der Waals surface area (Å²) in [7, 11) is 0. The fourth-order valence-electron chi connectivity index (χ4n) is 1.90. The van der Waals surface area contributed by atoms with Gasteiger partial charge in [0, 0.05) is 6.42 Å². The van der Waals surface area contributed by atoms with Crippen LogP contribution in [0.1, 0.15) is 6.42 Å². The van der Waals surface area contributed by atoms with Gasteiger partial charge in [0.05, 0.1) is 5.69 Å². The van der Waals surface area contributed by atoms with Crippen LogP contribution in [0.5, 0.6) is 0 Å². The lowest BCUT2D eigenvalue weighted by atomic mass is 10.1. The standard InChI is InChI=1S/C13H12F3N3O3/c14-13(15,16)7-22-12(21)9-6-10(11(17)20)19(18-9)8-4-2-1-3-5-8/h1-5,10H,6-7H2,(H2,17,20). The molecule has 0 radical (unpaired) electrons. The molecule has 1 aliphatic heterocycles. The van der Waals surface area contributed by atoms with E-state index < -0.39 is 30.7 Å². The second kappa shape index (κ2) is 6.04. The van der Waals surface area contributed by atoms with Gasteiger partial charge in [-0.15, -0.1) is 0 Å². The first-order valence-electron chi connectivity index (χ1n) is 6.23. The van der Waals surface area contributed by atoms with Crippen molar-refractivity contribution in [2.75, 3.05) is 11.6 Å². The van der Waals surface area contributed by atoms with Crippen molar-refractivity contribution in [2.45, 2.75) is 18.6 Å². The molecule has 1 amide bonds. The van der Waals surface area contributed by atoms with E-state index in [0.29, 0.717) is 5.69 Å². The topological polar surface area (TPSA) is 85.0 Å². The summed E-state index contributed by atoms with van der Waals surface area (Å²) in [5, 5.41) is 5.07. The minimum atomic E-state index is -4.63. The van der Waals surface area contributed by atoms with Crippen LogP contribution in [-0.4, -0.2) is 36.4 Å². The van der Waals surface area contributed by atoms with Crippen LogP contribution in [0.25, 0.3) is 0 Å². The second-order valence-corrected chi connectivity index (χ2v) is 4.54. The van der Waals surface area contributed by atoms with Crippen molar-refractivity contribution in [1.82, 2.24) is 0 Å². The Balaban J connectivity index is 2.16. The zero-order valence-corrected chi connectivity index (χ0v) is 11.2. The molecule has 0 spiro atoms. The molecule has 9 heteroatoms. The molecule has 22 heavy (non-hydrogen) atoms. The number of alkyl halides is 3. The number of amides is 1. The molecule has 0 aromatic heterocycles. The molecule has 1 aliphatic rings. The molecule has 2 rings (SSSR count). The van der Waals surface area contributed by atoms with E-state index in [0.717, 1.165) is 0 Å². The number of hydrogen-bond donors (Lipinski definition) is 1. The molecule has 0 saturated heterocycles. The number of hydrazone groups is 1. The van der Waals surface area contributed by atoms with Crippen molar-refractivity contribution in [3.05, 3.63) is 30.3 Å². The van der Waals surface area contributed by atoms with Crippen molar-refractivity contribution < 1.29 is 27.5 Å². The van der Waals surface area contributed by atoms with Crippen LogP contribution in [0.2, 0.25) is 0 Å². The number of benzene rings is 1. The highest BCUT2D eigenvalue weighted by Crippen LogP contribution is 2.25. The van der Waals surface area contributed by atoms with E-state index in [1.54, 1.807) is 30.3 Å². The van der Waals surface area contributed by atoms with Crippen LogP contribution in [0.15, 0.2) is 35.4 Å². The monoisotopic (exact) mass is 315 g/mol. The first-order valence-corrected chi connectivity index (χ1v) is 6.23. The van der Waals surface area contributed by atoms with Crippen molar-refractivity contribution >= 4 is 23.3 Å². The molecule has 1 aromatic carbocycles. The van der Waals surface area contributed by atoms with Gasteiger partial charge in [-0.05, 0) is 12.1 Å². The van der Waals surface area contributed by atoms with Gasteiger partial charge < -0.3 is 10.5 Å². The Labute approximate surface area is 123 Å². The van der Waals surface area contributed by atoms with Crippen molar-refractivity contribution in [3.8, 4) is 0 Å². The number of nitrogens with two attached hydrogens (primary N) is 1. The highest BCUT2D eigenvalue weighted by Gasteiger charge is 2.37. The molecule has 1 atom stereocenters. The summed E-state index contributed by atoms with van der Waals surface area (Å²) in [6, 6.07) is 7.41. The Bertz CT molecular complexity index is 602. The van der Waals surface area contributed by atoms with Gasteiger partial charge in [0.15, 0.2) is 6.61 Å². The number of anilines is 1. The fraction of sp³-hybridized carbons (Fsp3) is 0.308. The Morgan fingerprint density at radius 3 is 2.50 bits per heavy atom. The Hall–Kier alpha value is -2.58. The molecule has 0 aliphatic carbocycles. The third-order valence-electron chi connectivity index (χ3n) is 2.86. The highest BCUT2D eigenvalue weighted by molar-refractivity contribution is 6.38. The minimum absolute atomic E-state index is 0.207. The van der Waals surface area contributed by atoms with E-state index in [1.165, 1.54) is 5.01 Å². The number of rotatable bonds is 4. The van der Waals surface area contributed by atoms with Gasteiger partial charge in [-0.1, -0.05) is 18.2 Å². The van der Waals surface area contributed by atoms with Crippen molar-refractivity contribution in [2.24, 2.45) is 10.8 Å². The van der Waals surface area contributed by atoms with Gasteiger partial charge in [0.1, 0.15) is 11.8 Å². The van der Waals surface area contributed by atoms with Crippen LogP contribution in [0.3, 0.4) is 0 Å². The lowest BCUT2D eigenvalue weighted by molar-refractivity contribution is -0.181. The summed E-state index contributed by atoms with van der Waals surface area (Å²) in [5.74, 6) is -1.96. The third-order valence-corrected chi connectivity index (χ3v) is 2.86. The van der Waals surface area contributed by atoms with Gasteiger partial charge in [0.2, 0.25) is 5.91 Å². The molecule has 0 saturated carbocycles. The van der Waals surface area contributed by atoms with E-state index in [-0.39, 0.29) is 12.1 Å². The van der Waals surface area contributed by atoms with Crippen LogP contribution in [0.4, 0.5) is 18.9 Å². The maximum Gasteiger partial charge on any atom is 0.422 e. The Kier molecular flexibility index (Phi) is 4.34.